The molecule has 0 fully saturated rings. The molecule has 0 saturated heterocycles. The molecule has 0 bridgehead atoms. The first-order chi connectivity index (χ1) is 24.0. The summed E-state index contributed by atoms with van der Waals surface area (Å²) in [5, 5.41) is 22.3. The van der Waals surface area contributed by atoms with Crippen LogP contribution in [0.5, 0.6) is 0 Å². The van der Waals surface area contributed by atoms with Gasteiger partial charge in [-0.15, -0.1) is 34.4 Å². The quantitative estimate of drug-likeness (QED) is 0.0924. The number of hydrogen-bond acceptors (Lipinski definition) is 7. The molecule has 0 aliphatic carbocycles. The predicted molar refractivity (Wildman–Crippen MR) is 199 cm³/mol. The molecule has 2 aromatic heterocycles. The second-order valence-electron chi connectivity index (χ2n) is 10.6. The van der Waals surface area contributed by atoms with E-state index >= 15 is 0 Å². The molecule has 0 radical (unpaired) electrons. The van der Waals surface area contributed by atoms with Gasteiger partial charge >= 0.3 is 0 Å². The third-order valence-electron chi connectivity index (χ3n) is 7.27. The van der Waals surface area contributed by atoms with E-state index in [1.54, 1.807) is 48.5 Å². The summed E-state index contributed by atoms with van der Waals surface area (Å²) in [6, 6.07) is 40.9. The summed E-state index contributed by atoms with van der Waals surface area (Å²) >= 11 is 4.08. The highest BCUT2D eigenvalue weighted by Crippen LogP contribution is 2.40. The van der Waals surface area contributed by atoms with Crippen LogP contribution in [0.1, 0.15) is 31.6 Å². The topological polar surface area (TPSA) is 111 Å². The number of benzene rings is 4. The largest absolute Gasteiger partial charge is 0.321 e. The number of thioether (sulfide) groups is 1. The first-order valence-corrected chi connectivity index (χ1v) is 17.7. The smallest absolute Gasteiger partial charge is 0.272 e. The van der Waals surface area contributed by atoms with E-state index in [9.17, 15) is 19.6 Å². The number of carbonyl (C=O) groups is 3. The number of rotatable bonds is 11. The standard InChI is InChI=1S/C39H28N4O3S3/c40-24-32-33(26-12-4-1-5-13-26)25-48-39(32)43-38(46)35(27-14-6-2-7-15-27)49-31-19-10-18-29(22-31)41-37(45)34(23-30-20-11-21-47-30)42-36(44)28-16-8-3-9-17-28/h1-23,25,35H,(H,41,45)(H,42,44)(H,43,46)/b34-23-. The zero-order valence-electron chi connectivity index (χ0n) is 25.8. The van der Waals surface area contributed by atoms with Crippen LogP contribution in [-0.4, -0.2) is 17.7 Å². The van der Waals surface area contributed by atoms with Crippen molar-refractivity contribution in [2.24, 2.45) is 0 Å². The normalized spacial score (nSPS) is 11.6. The van der Waals surface area contributed by atoms with Crippen molar-refractivity contribution in [3.05, 3.63) is 165 Å². The number of anilines is 2. The Morgan fingerprint density at radius 3 is 2.18 bits per heavy atom. The monoisotopic (exact) mass is 696 g/mol. The molecule has 10 heteroatoms. The van der Waals surface area contributed by atoms with Crippen LogP contribution in [0.4, 0.5) is 10.7 Å². The van der Waals surface area contributed by atoms with E-state index < -0.39 is 17.1 Å². The molecule has 240 valence electrons. The van der Waals surface area contributed by atoms with Crippen molar-refractivity contribution in [3.63, 3.8) is 0 Å². The minimum Gasteiger partial charge on any atom is -0.321 e. The van der Waals surface area contributed by atoms with Crippen molar-refractivity contribution < 1.29 is 14.4 Å². The Kier molecular flexibility index (Phi) is 10.8. The van der Waals surface area contributed by atoms with Gasteiger partial charge in [-0.05, 0) is 59.0 Å². The second kappa shape index (κ2) is 15.9. The average molecular weight is 697 g/mol. The number of carbonyl (C=O) groups excluding carboxylic acids is 3. The van der Waals surface area contributed by atoms with Gasteiger partial charge in [0.2, 0.25) is 5.91 Å². The maximum atomic E-state index is 13.9. The van der Waals surface area contributed by atoms with E-state index in [4.69, 9.17) is 0 Å². The molecule has 0 aliphatic rings. The van der Waals surface area contributed by atoms with E-state index in [0.29, 0.717) is 21.8 Å². The summed E-state index contributed by atoms with van der Waals surface area (Å²) in [4.78, 5) is 42.0. The summed E-state index contributed by atoms with van der Waals surface area (Å²) in [6.45, 7) is 0. The molecule has 4 aromatic carbocycles. The zero-order chi connectivity index (χ0) is 34.0. The Labute approximate surface area is 296 Å². The van der Waals surface area contributed by atoms with E-state index in [2.05, 4.69) is 22.0 Å². The molecule has 0 spiro atoms. The van der Waals surface area contributed by atoms with Crippen LogP contribution in [0, 0.1) is 11.3 Å². The summed E-state index contributed by atoms with van der Waals surface area (Å²) in [6.07, 6.45) is 1.64. The summed E-state index contributed by atoms with van der Waals surface area (Å²) in [5.41, 5.74) is 3.87. The minimum absolute atomic E-state index is 0.0926. The number of hydrogen-bond donors (Lipinski definition) is 3. The molecule has 6 rings (SSSR count). The number of nitriles is 1. The molecule has 3 N–H and O–H groups in total. The summed E-state index contributed by atoms with van der Waals surface area (Å²) in [7, 11) is 0. The highest BCUT2D eigenvalue weighted by atomic mass is 32.2. The van der Waals surface area contributed by atoms with Gasteiger partial charge in [0.15, 0.2) is 0 Å². The van der Waals surface area contributed by atoms with Crippen molar-refractivity contribution >= 4 is 68.9 Å². The van der Waals surface area contributed by atoms with Crippen molar-refractivity contribution in [2.75, 3.05) is 10.6 Å². The minimum atomic E-state index is -0.666. The third kappa shape index (κ3) is 8.41. The van der Waals surface area contributed by atoms with Crippen LogP contribution < -0.4 is 16.0 Å². The number of nitrogens with one attached hydrogen (secondary N) is 3. The van der Waals surface area contributed by atoms with Gasteiger partial charge in [-0.3, -0.25) is 14.4 Å². The Morgan fingerprint density at radius 2 is 1.49 bits per heavy atom. The second-order valence-corrected chi connectivity index (χ2v) is 13.6. The Balaban J connectivity index is 1.22. The maximum absolute atomic E-state index is 13.9. The van der Waals surface area contributed by atoms with Crippen LogP contribution in [0.3, 0.4) is 0 Å². The Bertz CT molecular complexity index is 2140. The van der Waals surface area contributed by atoms with Gasteiger partial charge in [0.1, 0.15) is 22.0 Å². The third-order valence-corrected chi connectivity index (χ3v) is 10.2. The highest BCUT2D eigenvalue weighted by molar-refractivity contribution is 8.00. The van der Waals surface area contributed by atoms with Gasteiger partial charge in [-0.2, -0.15) is 5.26 Å². The summed E-state index contributed by atoms with van der Waals surface area (Å²) in [5.74, 6) is -1.18. The van der Waals surface area contributed by atoms with E-state index in [-0.39, 0.29) is 11.6 Å². The molecule has 1 atom stereocenters. The lowest BCUT2D eigenvalue weighted by molar-refractivity contribution is -0.116. The number of nitrogens with zero attached hydrogens (tertiary/aromatic N) is 1. The lowest BCUT2D eigenvalue weighted by atomic mass is 10.1. The van der Waals surface area contributed by atoms with Gasteiger partial charge < -0.3 is 16.0 Å². The molecule has 0 aliphatic heterocycles. The fourth-order valence-corrected chi connectivity index (χ4v) is 7.57. The van der Waals surface area contributed by atoms with Gasteiger partial charge in [0.25, 0.3) is 11.8 Å². The molecular weight excluding hydrogens is 669 g/mol. The van der Waals surface area contributed by atoms with Crippen LogP contribution in [0.2, 0.25) is 0 Å². The molecule has 7 nitrogen and oxygen atoms in total. The molecule has 49 heavy (non-hydrogen) atoms. The lowest BCUT2D eigenvalue weighted by Gasteiger charge is -2.17. The Morgan fingerprint density at radius 1 is 0.776 bits per heavy atom. The fourth-order valence-electron chi connectivity index (χ4n) is 4.91. The average Bonchev–Trinajstić information content (AvgIpc) is 3.81. The number of amides is 3. The molecular formula is C39H28N4O3S3. The van der Waals surface area contributed by atoms with E-state index in [1.165, 1.54) is 34.4 Å². The first kappa shape index (κ1) is 33.2. The molecule has 0 saturated carbocycles. The zero-order valence-corrected chi connectivity index (χ0v) is 28.3. The van der Waals surface area contributed by atoms with Gasteiger partial charge in [-0.1, -0.05) is 91.0 Å². The number of thiophene rings is 2. The Hall–Kier alpha value is -5.73. The van der Waals surface area contributed by atoms with Crippen molar-refractivity contribution in [3.8, 4) is 17.2 Å². The van der Waals surface area contributed by atoms with Gasteiger partial charge in [0.05, 0.1) is 5.56 Å². The van der Waals surface area contributed by atoms with Crippen LogP contribution in [0.15, 0.2) is 149 Å². The van der Waals surface area contributed by atoms with Crippen molar-refractivity contribution in [1.82, 2.24) is 5.32 Å². The van der Waals surface area contributed by atoms with Crippen LogP contribution >= 0.6 is 34.4 Å². The van der Waals surface area contributed by atoms with Crippen LogP contribution in [0.25, 0.3) is 17.2 Å². The fraction of sp³-hybridized carbons (Fsp3) is 0.0256. The van der Waals surface area contributed by atoms with E-state index in [0.717, 1.165) is 26.5 Å². The first-order valence-electron chi connectivity index (χ1n) is 15.1. The SMILES string of the molecule is N#Cc1c(-c2ccccc2)csc1NC(=O)C(Sc1cccc(NC(=O)/C(=C/c2cccs2)NC(=O)c2ccccc2)c1)c1ccccc1. The molecule has 1 unspecified atom stereocenters. The molecule has 6 aromatic rings. The lowest BCUT2D eigenvalue weighted by Crippen LogP contribution is -2.30. The van der Waals surface area contributed by atoms with Crippen molar-refractivity contribution in [2.45, 2.75) is 10.1 Å². The summed E-state index contributed by atoms with van der Waals surface area (Å²) < 4.78 is 0. The predicted octanol–water partition coefficient (Wildman–Crippen LogP) is 9.23. The van der Waals surface area contributed by atoms with Crippen molar-refractivity contribution in [1.29, 1.82) is 5.26 Å². The van der Waals surface area contributed by atoms with Gasteiger partial charge in [0, 0.05) is 32.0 Å². The highest BCUT2D eigenvalue weighted by Gasteiger charge is 2.25. The van der Waals surface area contributed by atoms with Crippen LogP contribution in [-0.2, 0) is 9.59 Å². The van der Waals surface area contributed by atoms with E-state index in [1.807, 2.05) is 95.7 Å². The van der Waals surface area contributed by atoms with Gasteiger partial charge in [-0.25, -0.2) is 0 Å². The molecule has 3 amide bonds. The molecule has 2 heterocycles. The maximum Gasteiger partial charge on any atom is 0.272 e.